The van der Waals surface area contributed by atoms with E-state index in [1.807, 2.05) is 0 Å². The van der Waals surface area contributed by atoms with Gasteiger partial charge in [-0.2, -0.15) is 0 Å². The molecule has 102 valence electrons. The van der Waals surface area contributed by atoms with E-state index in [0.29, 0.717) is 13.0 Å². The molecule has 0 aliphatic heterocycles. The number of ether oxygens (including phenoxy) is 1. The topological polar surface area (TPSA) is 81.4 Å². The van der Waals surface area contributed by atoms with Gasteiger partial charge in [-0.1, -0.05) is 0 Å². The van der Waals surface area contributed by atoms with Crippen LogP contribution in [0.15, 0.2) is 29.2 Å². The Balaban J connectivity index is 2.52. The molecule has 0 radical (unpaired) electrons. The number of sulfonamides is 1. The van der Waals surface area contributed by atoms with Gasteiger partial charge in [0.25, 0.3) is 0 Å². The second-order valence-corrected chi connectivity index (χ2v) is 5.62. The van der Waals surface area contributed by atoms with E-state index in [1.165, 1.54) is 19.2 Å². The molecule has 1 unspecified atom stereocenters. The fourth-order valence-corrected chi connectivity index (χ4v) is 2.42. The van der Waals surface area contributed by atoms with Gasteiger partial charge in [-0.3, -0.25) is 0 Å². The van der Waals surface area contributed by atoms with Crippen molar-refractivity contribution < 1.29 is 17.5 Å². The number of hydrogen-bond acceptors (Lipinski definition) is 4. The Bertz CT molecular complexity index is 462. The largest absolute Gasteiger partial charge is 0.383 e. The molecule has 0 aliphatic carbocycles. The predicted molar refractivity (Wildman–Crippen MR) is 66.1 cm³/mol. The third kappa shape index (κ3) is 4.69. The first-order valence-electron chi connectivity index (χ1n) is 5.45. The fourth-order valence-electron chi connectivity index (χ4n) is 1.37. The SMILES string of the molecule is COCC(N)CCNS(=O)(=O)c1ccc(F)cc1. The minimum absolute atomic E-state index is 0.0317. The van der Waals surface area contributed by atoms with Crippen molar-refractivity contribution >= 4 is 10.0 Å². The molecule has 0 aromatic heterocycles. The third-order valence-corrected chi connectivity index (χ3v) is 3.79. The van der Waals surface area contributed by atoms with Crippen LogP contribution in [0.2, 0.25) is 0 Å². The van der Waals surface area contributed by atoms with E-state index in [2.05, 4.69) is 4.72 Å². The predicted octanol–water partition coefficient (Wildman–Crippen LogP) is 0.468. The minimum Gasteiger partial charge on any atom is -0.383 e. The highest BCUT2D eigenvalue weighted by Crippen LogP contribution is 2.09. The maximum absolute atomic E-state index is 12.7. The van der Waals surface area contributed by atoms with Crippen LogP contribution in [0.25, 0.3) is 0 Å². The van der Waals surface area contributed by atoms with E-state index in [-0.39, 0.29) is 17.5 Å². The van der Waals surface area contributed by atoms with Gasteiger partial charge in [0.15, 0.2) is 0 Å². The molecule has 5 nitrogen and oxygen atoms in total. The lowest BCUT2D eigenvalue weighted by Gasteiger charge is -2.11. The molecule has 7 heteroatoms. The third-order valence-electron chi connectivity index (χ3n) is 2.31. The average Bonchev–Trinajstić information content (AvgIpc) is 2.29. The van der Waals surface area contributed by atoms with Crippen molar-refractivity contribution in [2.24, 2.45) is 5.73 Å². The van der Waals surface area contributed by atoms with Crippen LogP contribution in [0, 0.1) is 5.82 Å². The van der Waals surface area contributed by atoms with E-state index in [1.54, 1.807) is 0 Å². The second kappa shape index (κ2) is 6.79. The molecule has 1 aromatic carbocycles. The number of methoxy groups -OCH3 is 1. The summed E-state index contributed by atoms with van der Waals surface area (Å²) in [6.07, 6.45) is 0.467. The highest BCUT2D eigenvalue weighted by Gasteiger charge is 2.13. The van der Waals surface area contributed by atoms with Gasteiger partial charge in [0, 0.05) is 19.7 Å². The summed E-state index contributed by atoms with van der Waals surface area (Å²) in [6.45, 7) is 0.586. The molecule has 0 bridgehead atoms. The van der Waals surface area contributed by atoms with Crippen molar-refractivity contribution in [2.75, 3.05) is 20.3 Å². The van der Waals surface area contributed by atoms with Crippen LogP contribution in [0.3, 0.4) is 0 Å². The van der Waals surface area contributed by atoms with Gasteiger partial charge in [0.05, 0.1) is 11.5 Å². The number of nitrogens with two attached hydrogens (primary N) is 1. The molecule has 0 amide bonds. The van der Waals surface area contributed by atoms with Crippen LogP contribution in [0.5, 0.6) is 0 Å². The van der Waals surface area contributed by atoms with Crippen molar-refractivity contribution in [1.82, 2.24) is 4.72 Å². The molecule has 3 N–H and O–H groups in total. The van der Waals surface area contributed by atoms with E-state index in [9.17, 15) is 12.8 Å². The molecule has 1 aromatic rings. The average molecular weight is 276 g/mol. The van der Waals surface area contributed by atoms with E-state index in [0.717, 1.165) is 12.1 Å². The van der Waals surface area contributed by atoms with Crippen LogP contribution >= 0.6 is 0 Å². The number of rotatable bonds is 7. The van der Waals surface area contributed by atoms with Crippen molar-refractivity contribution in [3.63, 3.8) is 0 Å². The molecular formula is C11H17FN2O3S. The van der Waals surface area contributed by atoms with Crippen LogP contribution in [-0.2, 0) is 14.8 Å². The second-order valence-electron chi connectivity index (χ2n) is 3.86. The van der Waals surface area contributed by atoms with E-state index < -0.39 is 15.8 Å². The molecule has 1 atom stereocenters. The Hall–Kier alpha value is -1.02. The summed E-state index contributed by atoms with van der Waals surface area (Å²) in [5, 5.41) is 0. The van der Waals surface area contributed by atoms with E-state index >= 15 is 0 Å². The first-order valence-corrected chi connectivity index (χ1v) is 6.94. The van der Waals surface area contributed by atoms with Crippen LogP contribution in [0.1, 0.15) is 6.42 Å². The number of hydrogen-bond donors (Lipinski definition) is 2. The molecule has 1 rings (SSSR count). The molecule has 0 saturated carbocycles. The van der Waals surface area contributed by atoms with Gasteiger partial charge < -0.3 is 10.5 Å². The molecule has 0 heterocycles. The standard InChI is InChI=1S/C11H17FN2O3S/c1-17-8-10(13)6-7-14-18(15,16)11-4-2-9(12)3-5-11/h2-5,10,14H,6-8,13H2,1H3. The molecule has 0 saturated heterocycles. The van der Waals surface area contributed by atoms with Gasteiger partial charge >= 0.3 is 0 Å². The van der Waals surface area contributed by atoms with E-state index in [4.69, 9.17) is 10.5 Å². The molecule has 0 fully saturated rings. The lowest BCUT2D eigenvalue weighted by Crippen LogP contribution is -2.32. The Morgan fingerprint density at radius 2 is 2.00 bits per heavy atom. The minimum atomic E-state index is -3.60. The van der Waals surface area contributed by atoms with Crippen molar-refractivity contribution in [1.29, 1.82) is 0 Å². The first-order chi connectivity index (χ1) is 8.45. The summed E-state index contributed by atoms with van der Waals surface area (Å²) in [5.41, 5.74) is 5.66. The molecular weight excluding hydrogens is 259 g/mol. The Kier molecular flexibility index (Phi) is 5.67. The Morgan fingerprint density at radius 3 is 2.56 bits per heavy atom. The highest BCUT2D eigenvalue weighted by molar-refractivity contribution is 7.89. The van der Waals surface area contributed by atoms with Gasteiger partial charge in [0.2, 0.25) is 10.0 Å². The maximum Gasteiger partial charge on any atom is 0.240 e. The van der Waals surface area contributed by atoms with Gasteiger partial charge in [-0.05, 0) is 30.7 Å². The summed E-state index contributed by atoms with van der Waals surface area (Å²) in [4.78, 5) is 0.0317. The van der Waals surface area contributed by atoms with Crippen molar-refractivity contribution in [2.45, 2.75) is 17.4 Å². The van der Waals surface area contributed by atoms with Crippen molar-refractivity contribution in [3.05, 3.63) is 30.1 Å². The number of nitrogens with one attached hydrogen (secondary N) is 1. The van der Waals surface area contributed by atoms with Crippen molar-refractivity contribution in [3.8, 4) is 0 Å². The Morgan fingerprint density at radius 1 is 1.39 bits per heavy atom. The zero-order valence-corrected chi connectivity index (χ0v) is 10.9. The zero-order chi connectivity index (χ0) is 13.6. The number of benzene rings is 1. The fraction of sp³-hybridized carbons (Fsp3) is 0.455. The van der Waals surface area contributed by atoms with Gasteiger partial charge in [-0.25, -0.2) is 17.5 Å². The summed E-state index contributed by atoms with van der Waals surface area (Å²) >= 11 is 0. The molecule has 0 spiro atoms. The summed E-state index contributed by atoms with van der Waals surface area (Å²) in [5.74, 6) is -0.476. The summed E-state index contributed by atoms with van der Waals surface area (Å²) in [6, 6.07) is 4.42. The van der Waals surface area contributed by atoms with Crippen LogP contribution < -0.4 is 10.5 Å². The van der Waals surface area contributed by atoms with Crippen LogP contribution in [-0.4, -0.2) is 34.7 Å². The van der Waals surface area contributed by atoms with Crippen LogP contribution in [0.4, 0.5) is 4.39 Å². The Labute approximate surface area is 106 Å². The first kappa shape index (κ1) is 15.0. The summed E-state index contributed by atoms with van der Waals surface area (Å²) < 4.78 is 43.5. The van der Waals surface area contributed by atoms with Gasteiger partial charge in [0.1, 0.15) is 5.82 Å². The van der Waals surface area contributed by atoms with Gasteiger partial charge in [-0.15, -0.1) is 0 Å². The normalized spacial score (nSPS) is 13.5. The lowest BCUT2D eigenvalue weighted by atomic mass is 10.2. The molecule has 18 heavy (non-hydrogen) atoms. The smallest absolute Gasteiger partial charge is 0.240 e. The monoisotopic (exact) mass is 276 g/mol. The maximum atomic E-state index is 12.7. The number of halogens is 1. The molecule has 0 aliphatic rings. The zero-order valence-electron chi connectivity index (χ0n) is 10.1. The lowest BCUT2D eigenvalue weighted by molar-refractivity contribution is 0.177. The summed E-state index contributed by atoms with van der Waals surface area (Å²) in [7, 11) is -2.07. The highest BCUT2D eigenvalue weighted by atomic mass is 32.2. The quantitative estimate of drug-likeness (QED) is 0.758.